The monoisotopic (exact) mass is 223 g/mol. The number of nitrogens with zero attached hydrogens (tertiary/aromatic N) is 2. The standard InChI is InChI=1S/C11H19N3.C2H6/c1-9(2)10-7-13-14(8-10)11-3-5-12-6-4-11;1-2/h7-9,11-12H,3-6H2,1-2H3;1-2H3. The Morgan fingerprint density at radius 2 is 1.94 bits per heavy atom. The van der Waals surface area contributed by atoms with Crippen molar-refractivity contribution < 1.29 is 0 Å². The molecular formula is C13H25N3. The van der Waals surface area contributed by atoms with Crippen LogP contribution in [0.2, 0.25) is 0 Å². The van der Waals surface area contributed by atoms with E-state index in [-0.39, 0.29) is 0 Å². The molecule has 1 aromatic heterocycles. The van der Waals surface area contributed by atoms with Crippen molar-refractivity contribution in [2.24, 2.45) is 0 Å². The van der Waals surface area contributed by atoms with E-state index in [0.717, 1.165) is 13.1 Å². The van der Waals surface area contributed by atoms with Crippen molar-refractivity contribution in [2.45, 2.75) is 52.5 Å². The average molecular weight is 223 g/mol. The lowest BCUT2D eigenvalue weighted by Crippen LogP contribution is -2.29. The predicted octanol–water partition coefficient (Wildman–Crippen LogP) is 2.96. The normalized spacial score (nSPS) is 17.1. The van der Waals surface area contributed by atoms with Gasteiger partial charge in [-0.05, 0) is 37.4 Å². The minimum atomic E-state index is 0.588. The van der Waals surface area contributed by atoms with Crippen LogP contribution in [0.15, 0.2) is 12.4 Å². The van der Waals surface area contributed by atoms with E-state index in [0.29, 0.717) is 12.0 Å². The lowest BCUT2D eigenvalue weighted by molar-refractivity contribution is 0.343. The zero-order chi connectivity index (χ0) is 12.0. The first-order valence-corrected chi connectivity index (χ1v) is 6.52. The van der Waals surface area contributed by atoms with Gasteiger partial charge in [0.05, 0.1) is 12.2 Å². The molecule has 1 aliphatic rings. The number of piperidine rings is 1. The average Bonchev–Trinajstić information content (AvgIpc) is 2.82. The Morgan fingerprint density at radius 1 is 1.31 bits per heavy atom. The zero-order valence-electron chi connectivity index (χ0n) is 11.0. The van der Waals surface area contributed by atoms with Crippen LogP contribution in [0.1, 0.15) is 58.1 Å². The summed E-state index contributed by atoms with van der Waals surface area (Å²) < 4.78 is 2.15. The maximum absolute atomic E-state index is 4.45. The molecule has 0 atom stereocenters. The van der Waals surface area contributed by atoms with Crippen LogP contribution in [-0.4, -0.2) is 22.9 Å². The molecule has 92 valence electrons. The summed E-state index contributed by atoms with van der Waals surface area (Å²) in [6.45, 7) is 10.7. The van der Waals surface area contributed by atoms with Gasteiger partial charge in [-0.25, -0.2) is 0 Å². The highest BCUT2D eigenvalue weighted by Crippen LogP contribution is 2.20. The van der Waals surface area contributed by atoms with Gasteiger partial charge in [-0.3, -0.25) is 4.68 Å². The van der Waals surface area contributed by atoms with Crippen LogP contribution < -0.4 is 5.32 Å². The second-order valence-corrected chi connectivity index (χ2v) is 4.39. The summed E-state index contributed by atoms with van der Waals surface area (Å²) in [6.07, 6.45) is 6.63. The molecule has 0 spiro atoms. The van der Waals surface area contributed by atoms with Crippen molar-refractivity contribution in [3.63, 3.8) is 0 Å². The van der Waals surface area contributed by atoms with Gasteiger partial charge in [0.2, 0.25) is 0 Å². The first kappa shape index (κ1) is 13.2. The summed E-state index contributed by atoms with van der Waals surface area (Å²) in [5, 5.41) is 7.82. The molecule has 1 fully saturated rings. The molecule has 1 N–H and O–H groups in total. The van der Waals surface area contributed by atoms with Gasteiger partial charge in [0, 0.05) is 6.20 Å². The van der Waals surface area contributed by atoms with Gasteiger partial charge in [0.1, 0.15) is 0 Å². The van der Waals surface area contributed by atoms with Crippen LogP contribution in [0.25, 0.3) is 0 Å². The molecule has 3 nitrogen and oxygen atoms in total. The molecule has 0 amide bonds. The van der Waals surface area contributed by atoms with E-state index in [9.17, 15) is 0 Å². The molecule has 0 radical (unpaired) electrons. The van der Waals surface area contributed by atoms with Gasteiger partial charge in [-0.1, -0.05) is 27.7 Å². The summed E-state index contributed by atoms with van der Waals surface area (Å²) in [4.78, 5) is 0. The van der Waals surface area contributed by atoms with Crippen molar-refractivity contribution >= 4 is 0 Å². The van der Waals surface area contributed by atoms with Gasteiger partial charge in [0.25, 0.3) is 0 Å². The molecule has 2 rings (SSSR count). The summed E-state index contributed by atoms with van der Waals surface area (Å²) in [5.41, 5.74) is 1.35. The minimum Gasteiger partial charge on any atom is -0.317 e. The van der Waals surface area contributed by atoms with E-state index >= 15 is 0 Å². The van der Waals surface area contributed by atoms with E-state index in [2.05, 4.69) is 35.1 Å². The quantitative estimate of drug-likeness (QED) is 0.835. The highest BCUT2D eigenvalue weighted by atomic mass is 15.3. The van der Waals surface area contributed by atoms with Gasteiger partial charge in [-0.2, -0.15) is 5.10 Å². The van der Waals surface area contributed by atoms with Crippen molar-refractivity contribution in [1.82, 2.24) is 15.1 Å². The summed E-state index contributed by atoms with van der Waals surface area (Å²) in [6, 6.07) is 0.615. The molecule has 3 heteroatoms. The smallest absolute Gasteiger partial charge is 0.0543 e. The molecule has 1 saturated heterocycles. The molecule has 16 heavy (non-hydrogen) atoms. The van der Waals surface area contributed by atoms with Crippen molar-refractivity contribution in [1.29, 1.82) is 0 Å². The largest absolute Gasteiger partial charge is 0.317 e. The van der Waals surface area contributed by atoms with E-state index in [1.54, 1.807) is 0 Å². The van der Waals surface area contributed by atoms with Crippen LogP contribution in [0.5, 0.6) is 0 Å². The molecule has 1 aromatic rings. The number of aromatic nitrogens is 2. The van der Waals surface area contributed by atoms with E-state index in [1.807, 2.05) is 20.0 Å². The van der Waals surface area contributed by atoms with Crippen molar-refractivity contribution in [2.75, 3.05) is 13.1 Å². The van der Waals surface area contributed by atoms with E-state index < -0.39 is 0 Å². The molecule has 1 aliphatic heterocycles. The maximum atomic E-state index is 4.45. The molecule has 0 aromatic carbocycles. The minimum absolute atomic E-state index is 0.588. The molecule has 0 unspecified atom stereocenters. The Bertz CT molecular complexity index is 285. The zero-order valence-corrected chi connectivity index (χ0v) is 11.0. The maximum Gasteiger partial charge on any atom is 0.0543 e. The fourth-order valence-corrected chi connectivity index (χ4v) is 1.92. The lowest BCUT2D eigenvalue weighted by atomic mass is 10.1. The van der Waals surface area contributed by atoms with Crippen LogP contribution in [0.3, 0.4) is 0 Å². The van der Waals surface area contributed by atoms with Crippen molar-refractivity contribution in [3.05, 3.63) is 18.0 Å². The van der Waals surface area contributed by atoms with E-state index in [4.69, 9.17) is 0 Å². The first-order valence-electron chi connectivity index (χ1n) is 6.52. The van der Waals surface area contributed by atoms with Crippen LogP contribution in [0, 0.1) is 0 Å². The molecule has 0 bridgehead atoms. The number of rotatable bonds is 2. The SMILES string of the molecule is CC.CC(C)c1cnn(C2CCNCC2)c1. The molecular weight excluding hydrogens is 198 g/mol. The second-order valence-electron chi connectivity index (χ2n) is 4.39. The third kappa shape index (κ3) is 3.34. The van der Waals surface area contributed by atoms with Gasteiger partial charge in [0.15, 0.2) is 0 Å². The first-order chi connectivity index (χ1) is 7.77. The Hall–Kier alpha value is -0.830. The predicted molar refractivity (Wildman–Crippen MR) is 68.8 cm³/mol. The highest BCUT2D eigenvalue weighted by Gasteiger charge is 2.15. The Morgan fingerprint density at radius 3 is 2.44 bits per heavy atom. The number of hydrogen-bond acceptors (Lipinski definition) is 2. The van der Waals surface area contributed by atoms with E-state index in [1.165, 1.54) is 18.4 Å². The van der Waals surface area contributed by atoms with Crippen LogP contribution in [0.4, 0.5) is 0 Å². The van der Waals surface area contributed by atoms with Crippen LogP contribution in [-0.2, 0) is 0 Å². The summed E-state index contributed by atoms with van der Waals surface area (Å²) in [7, 11) is 0. The fourth-order valence-electron chi connectivity index (χ4n) is 1.92. The van der Waals surface area contributed by atoms with Gasteiger partial charge < -0.3 is 5.32 Å². The summed E-state index contributed by atoms with van der Waals surface area (Å²) in [5.74, 6) is 0.588. The topological polar surface area (TPSA) is 29.9 Å². The third-order valence-electron chi connectivity index (χ3n) is 2.97. The van der Waals surface area contributed by atoms with Crippen molar-refractivity contribution in [3.8, 4) is 0 Å². The second kappa shape index (κ2) is 6.69. The lowest BCUT2D eigenvalue weighted by Gasteiger charge is -2.22. The van der Waals surface area contributed by atoms with Gasteiger partial charge >= 0.3 is 0 Å². The van der Waals surface area contributed by atoms with Crippen LogP contribution >= 0.6 is 0 Å². The Kier molecular flexibility index (Phi) is 5.53. The molecule has 0 saturated carbocycles. The number of nitrogens with one attached hydrogen (secondary N) is 1. The Labute approximate surface area is 99.2 Å². The fraction of sp³-hybridized carbons (Fsp3) is 0.769. The molecule has 0 aliphatic carbocycles. The highest BCUT2D eigenvalue weighted by molar-refractivity contribution is 5.09. The molecule has 2 heterocycles. The Balaban J connectivity index is 0.000000606. The van der Waals surface area contributed by atoms with Gasteiger partial charge in [-0.15, -0.1) is 0 Å². The third-order valence-corrected chi connectivity index (χ3v) is 2.97. The summed E-state index contributed by atoms with van der Waals surface area (Å²) >= 11 is 0. The number of hydrogen-bond donors (Lipinski definition) is 1.